The van der Waals surface area contributed by atoms with Gasteiger partial charge in [-0.3, -0.25) is 14.7 Å². The minimum absolute atomic E-state index is 0.117. The maximum absolute atomic E-state index is 13.2. The van der Waals surface area contributed by atoms with Crippen molar-refractivity contribution in [2.24, 2.45) is 0 Å². The minimum Gasteiger partial charge on any atom is -0.457 e. The van der Waals surface area contributed by atoms with Crippen LogP contribution < -0.4 is 14.8 Å². The molecule has 3 heterocycles. The first-order chi connectivity index (χ1) is 18.3. The number of carbonyl (C=O) groups is 2. The van der Waals surface area contributed by atoms with E-state index in [1.807, 2.05) is 6.92 Å². The molecule has 0 aliphatic rings. The van der Waals surface area contributed by atoms with Crippen molar-refractivity contribution < 1.29 is 27.8 Å². The van der Waals surface area contributed by atoms with E-state index >= 15 is 0 Å². The molecule has 5 aromatic rings. The van der Waals surface area contributed by atoms with Crippen LogP contribution in [0.25, 0.3) is 16.9 Å². The van der Waals surface area contributed by atoms with Crippen LogP contribution in [-0.4, -0.2) is 43.1 Å². The Hall–Kier alpha value is -5.13. The van der Waals surface area contributed by atoms with Crippen molar-refractivity contribution in [3.63, 3.8) is 0 Å². The molecule has 0 atom stereocenters. The van der Waals surface area contributed by atoms with Crippen LogP contribution in [0, 0.1) is 6.92 Å². The first kappa shape index (κ1) is 24.6. The maximum atomic E-state index is 13.2. The van der Waals surface area contributed by atoms with E-state index in [-0.39, 0.29) is 39.8 Å². The molecule has 0 aliphatic heterocycles. The number of ketones is 1. The zero-order valence-electron chi connectivity index (χ0n) is 20.1. The molecule has 0 saturated carbocycles. The van der Waals surface area contributed by atoms with E-state index < -0.39 is 12.5 Å². The quantitative estimate of drug-likeness (QED) is 0.268. The summed E-state index contributed by atoms with van der Waals surface area (Å²) in [4.78, 5) is 29.1. The number of alkyl halides is 2. The van der Waals surface area contributed by atoms with E-state index in [0.717, 1.165) is 5.56 Å². The highest BCUT2D eigenvalue weighted by Gasteiger charge is 2.21. The Labute approximate surface area is 214 Å². The minimum atomic E-state index is -3.10. The van der Waals surface area contributed by atoms with E-state index in [2.05, 4.69) is 25.6 Å². The molecule has 38 heavy (non-hydrogen) atoms. The van der Waals surface area contributed by atoms with Crippen molar-refractivity contribution in [3.05, 3.63) is 83.9 Å². The lowest BCUT2D eigenvalue weighted by Gasteiger charge is -2.14. The molecule has 0 saturated heterocycles. The highest BCUT2D eigenvalue weighted by atomic mass is 19.3. The average molecular weight is 518 g/mol. The summed E-state index contributed by atoms with van der Waals surface area (Å²) < 4.78 is 38.5. The highest BCUT2D eigenvalue weighted by Crippen LogP contribution is 2.38. The molecule has 0 unspecified atom stereocenters. The zero-order chi connectivity index (χ0) is 26.8. The standard InChI is InChI=1S/C26H20F2N6O4/c1-14-4-5-16(10-18(14)15(2)35)37-17-6-7-22(38-26(27)28)19(11-17)23-21(13-30-33-23)32-25(36)20-12-31-34-9-3-8-29-24(20)34/h3-13,26H,1-2H3,(H,30,33)(H,32,36). The summed E-state index contributed by atoms with van der Waals surface area (Å²) >= 11 is 0. The number of hydrogen-bond acceptors (Lipinski definition) is 7. The lowest BCUT2D eigenvalue weighted by atomic mass is 10.1. The van der Waals surface area contributed by atoms with E-state index in [4.69, 9.17) is 9.47 Å². The van der Waals surface area contributed by atoms with Crippen LogP contribution in [0.4, 0.5) is 14.5 Å². The van der Waals surface area contributed by atoms with Crippen molar-refractivity contribution in [3.8, 4) is 28.5 Å². The van der Waals surface area contributed by atoms with Crippen molar-refractivity contribution in [1.82, 2.24) is 24.8 Å². The molecule has 5 rings (SSSR count). The second-order valence-electron chi connectivity index (χ2n) is 8.23. The molecule has 1 amide bonds. The molecular weight excluding hydrogens is 498 g/mol. The normalized spacial score (nSPS) is 11.1. The first-order valence-electron chi connectivity index (χ1n) is 11.3. The third-order valence-corrected chi connectivity index (χ3v) is 5.67. The molecule has 0 bridgehead atoms. The topological polar surface area (TPSA) is 124 Å². The van der Waals surface area contributed by atoms with Crippen molar-refractivity contribution in [1.29, 1.82) is 0 Å². The number of rotatable bonds is 8. The van der Waals surface area contributed by atoms with Gasteiger partial charge in [-0.25, -0.2) is 9.50 Å². The molecule has 0 aliphatic carbocycles. The van der Waals surface area contributed by atoms with Crippen molar-refractivity contribution >= 4 is 23.0 Å². The molecule has 0 radical (unpaired) electrons. The fraction of sp³-hybridized carbons (Fsp3) is 0.115. The lowest BCUT2D eigenvalue weighted by molar-refractivity contribution is -0.0494. The molecule has 0 spiro atoms. The number of ether oxygens (including phenoxy) is 2. The van der Waals surface area contributed by atoms with Gasteiger partial charge in [-0.1, -0.05) is 6.07 Å². The second-order valence-corrected chi connectivity index (χ2v) is 8.23. The van der Waals surface area contributed by atoms with E-state index in [0.29, 0.717) is 17.0 Å². The van der Waals surface area contributed by atoms with Crippen LogP contribution in [-0.2, 0) is 0 Å². The fourth-order valence-corrected chi connectivity index (χ4v) is 3.91. The monoisotopic (exact) mass is 518 g/mol. The summed E-state index contributed by atoms with van der Waals surface area (Å²) in [6.07, 6.45) is 5.89. The number of benzene rings is 2. The zero-order valence-corrected chi connectivity index (χ0v) is 20.1. The predicted octanol–water partition coefficient (Wildman–Crippen LogP) is 5.28. The van der Waals surface area contributed by atoms with Crippen molar-refractivity contribution in [2.75, 3.05) is 5.32 Å². The van der Waals surface area contributed by atoms with Gasteiger partial charge in [0.15, 0.2) is 11.4 Å². The Kier molecular flexibility index (Phi) is 6.52. The molecule has 10 nitrogen and oxygen atoms in total. The van der Waals surface area contributed by atoms with Gasteiger partial charge in [-0.15, -0.1) is 0 Å². The summed E-state index contributed by atoms with van der Waals surface area (Å²) in [5.41, 5.74) is 2.42. The number of amides is 1. The lowest BCUT2D eigenvalue weighted by Crippen LogP contribution is -2.12. The number of hydrogen-bond donors (Lipinski definition) is 2. The molecule has 192 valence electrons. The smallest absolute Gasteiger partial charge is 0.387 e. The van der Waals surface area contributed by atoms with Gasteiger partial charge in [-0.05, 0) is 55.8 Å². The Morgan fingerprint density at radius 1 is 1.08 bits per heavy atom. The third kappa shape index (κ3) is 4.91. The Balaban J connectivity index is 1.49. The van der Waals surface area contributed by atoms with E-state index in [1.54, 1.807) is 30.5 Å². The first-order valence-corrected chi connectivity index (χ1v) is 11.3. The number of nitrogens with one attached hydrogen (secondary N) is 2. The van der Waals surface area contributed by atoms with Crippen LogP contribution in [0.5, 0.6) is 17.2 Å². The van der Waals surface area contributed by atoms with Gasteiger partial charge in [-0.2, -0.15) is 19.0 Å². The molecular formula is C26H20F2N6O4. The van der Waals surface area contributed by atoms with Crippen LogP contribution in [0.2, 0.25) is 0 Å². The number of aromatic nitrogens is 5. The largest absolute Gasteiger partial charge is 0.457 e. The van der Waals surface area contributed by atoms with Crippen LogP contribution in [0.3, 0.4) is 0 Å². The summed E-state index contributed by atoms with van der Waals surface area (Å²) in [5.74, 6) is -0.153. The number of fused-ring (bicyclic) bond motifs is 1. The number of anilines is 1. The number of aromatic amines is 1. The summed E-state index contributed by atoms with van der Waals surface area (Å²) in [5, 5.41) is 13.5. The summed E-state index contributed by atoms with van der Waals surface area (Å²) in [6.45, 7) is 0.172. The van der Waals surface area contributed by atoms with Crippen LogP contribution >= 0.6 is 0 Å². The number of halogens is 2. The summed E-state index contributed by atoms with van der Waals surface area (Å²) in [6, 6.07) is 11.0. The third-order valence-electron chi connectivity index (χ3n) is 5.67. The number of nitrogens with zero attached hydrogens (tertiary/aromatic N) is 4. The van der Waals surface area contributed by atoms with Crippen LogP contribution in [0.1, 0.15) is 33.2 Å². The maximum Gasteiger partial charge on any atom is 0.387 e. The predicted molar refractivity (Wildman–Crippen MR) is 133 cm³/mol. The summed E-state index contributed by atoms with van der Waals surface area (Å²) in [7, 11) is 0. The number of aryl methyl sites for hydroxylation is 1. The molecule has 0 fully saturated rings. The van der Waals surface area contributed by atoms with Gasteiger partial charge >= 0.3 is 6.61 Å². The van der Waals surface area contributed by atoms with E-state index in [1.165, 1.54) is 48.2 Å². The Bertz CT molecular complexity index is 1660. The highest BCUT2D eigenvalue weighted by molar-refractivity contribution is 6.09. The molecule has 2 aromatic carbocycles. The van der Waals surface area contributed by atoms with E-state index in [9.17, 15) is 18.4 Å². The number of carbonyl (C=O) groups excluding carboxylic acids is 2. The molecule has 12 heteroatoms. The Morgan fingerprint density at radius 3 is 2.66 bits per heavy atom. The van der Waals surface area contributed by atoms with Crippen molar-refractivity contribution in [2.45, 2.75) is 20.5 Å². The fourth-order valence-electron chi connectivity index (χ4n) is 3.91. The number of H-pyrrole nitrogens is 1. The average Bonchev–Trinajstić information content (AvgIpc) is 3.52. The molecule has 2 N–H and O–H groups in total. The van der Waals surface area contributed by atoms with Crippen LogP contribution in [0.15, 0.2) is 67.3 Å². The SMILES string of the molecule is CC(=O)c1cc(Oc2ccc(OC(F)F)c(-c3[nH]ncc3NC(=O)c3cnn4cccnc34)c2)ccc1C. The van der Waals surface area contributed by atoms with Gasteiger partial charge < -0.3 is 14.8 Å². The second kappa shape index (κ2) is 10.1. The van der Waals surface area contributed by atoms with Gasteiger partial charge in [0.05, 0.1) is 23.8 Å². The van der Waals surface area contributed by atoms with Gasteiger partial charge in [0, 0.05) is 23.5 Å². The molecule has 3 aromatic heterocycles. The van der Waals surface area contributed by atoms with Gasteiger partial charge in [0.2, 0.25) is 0 Å². The number of Topliss-reactive ketones (excluding diaryl/α,β-unsaturated/α-hetero) is 1. The Morgan fingerprint density at radius 2 is 1.87 bits per heavy atom. The van der Waals surface area contributed by atoms with Gasteiger partial charge in [0.25, 0.3) is 5.91 Å². The van der Waals surface area contributed by atoms with Gasteiger partial charge in [0.1, 0.15) is 22.8 Å².